The molecule has 1 N–H and O–H groups in total. The molecule has 4 rings (SSSR count). The first-order valence-electron chi connectivity index (χ1n) is 9.25. The van der Waals surface area contributed by atoms with E-state index >= 15 is 0 Å². The summed E-state index contributed by atoms with van der Waals surface area (Å²) < 4.78 is 5.29. The molecule has 0 fully saturated rings. The molecular formula is C21H26N2O2. The molecule has 0 amide bonds. The molecule has 0 saturated heterocycles. The summed E-state index contributed by atoms with van der Waals surface area (Å²) in [4.78, 5) is 17.4. The Balaban J connectivity index is 1.78. The van der Waals surface area contributed by atoms with Crippen LogP contribution in [0.2, 0.25) is 0 Å². The summed E-state index contributed by atoms with van der Waals surface area (Å²) in [6.07, 6.45) is 4.58. The Morgan fingerprint density at radius 3 is 3.00 bits per heavy atom. The van der Waals surface area contributed by atoms with Gasteiger partial charge in [0.1, 0.15) is 6.61 Å². The number of ether oxygens (including phenoxy) is 1. The molecule has 2 atom stereocenters. The number of H-pyrrole nitrogens is 1. The first-order chi connectivity index (χ1) is 12.1. The van der Waals surface area contributed by atoms with Crippen molar-refractivity contribution in [2.45, 2.75) is 45.6 Å². The Bertz CT molecular complexity index is 849. The Kier molecular flexibility index (Phi) is 4.16. The van der Waals surface area contributed by atoms with E-state index in [-0.39, 0.29) is 5.97 Å². The normalized spacial score (nSPS) is 22.6. The zero-order valence-corrected chi connectivity index (χ0v) is 15.3. The number of aryl methyl sites for hydroxylation is 1. The highest BCUT2D eigenvalue weighted by molar-refractivity contribution is 5.90. The summed E-state index contributed by atoms with van der Waals surface area (Å²) in [6, 6.07) is 7.09. The summed E-state index contributed by atoms with van der Waals surface area (Å²) in [7, 11) is 0. The monoisotopic (exact) mass is 338 g/mol. The van der Waals surface area contributed by atoms with Gasteiger partial charge in [-0.15, -0.1) is 0 Å². The number of hydrogen-bond acceptors (Lipinski definition) is 3. The van der Waals surface area contributed by atoms with Gasteiger partial charge in [-0.2, -0.15) is 0 Å². The number of carbonyl (C=O) groups is 1. The van der Waals surface area contributed by atoms with Gasteiger partial charge in [0.15, 0.2) is 0 Å². The third-order valence-corrected chi connectivity index (χ3v) is 5.62. The van der Waals surface area contributed by atoms with Crippen LogP contribution in [-0.2, 0) is 16.0 Å². The molecule has 4 heteroatoms. The summed E-state index contributed by atoms with van der Waals surface area (Å²) in [5.74, 6) is 0.164. The first kappa shape index (κ1) is 16.4. The van der Waals surface area contributed by atoms with Crippen LogP contribution in [0.15, 0.2) is 29.8 Å². The fourth-order valence-corrected chi connectivity index (χ4v) is 4.61. The van der Waals surface area contributed by atoms with Gasteiger partial charge in [-0.1, -0.05) is 25.1 Å². The zero-order chi connectivity index (χ0) is 17.6. The minimum absolute atomic E-state index is 0.209. The van der Waals surface area contributed by atoms with Crippen LogP contribution in [0.1, 0.15) is 43.0 Å². The number of nitrogens with zero attached hydrogens (tertiary/aromatic N) is 1. The van der Waals surface area contributed by atoms with Gasteiger partial charge >= 0.3 is 5.97 Å². The maximum atomic E-state index is 11.2. The number of esters is 1. The Morgan fingerprint density at radius 2 is 2.24 bits per heavy atom. The molecule has 1 aromatic heterocycles. The van der Waals surface area contributed by atoms with Gasteiger partial charge < -0.3 is 9.72 Å². The SMILES string of the molecule is CCCN1CC(COC(C)=O)=C[C@@H]2c3cccc4[nH]c(C)c(c34)C[C@H]21. The molecule has 132 valence electrons. The third kappa shape index (κ3) is 2.78. The van der Waals surface area contributed by atoms with Gasteiger partial charge in [-0.3, -0.25) is 9.69 Å². The van der Waals surface area contributed by atoms with Gasteiger partial charge in [0.25, 0.3) is 0 Å². The smallest absolute Gasteiger partial charge is 0.302 e. The fourth-order valence-electron chi connectivity index (χ4n) is 4.61. The average molecular weight is 338 g/mol. The fraction of sp³-hybridized carbons (Fsp3) is 0.476. The van der Waals surface area contributed by atoms with Gasteiger partial charge in [0.2, 0.25) is 0 Å². The lowest BCUT2D eigenvalue weighted by Crippen LogP contribution is -2.47. The van der Waals surface area contributed by atoms with E-state index in [9.17, 15) is 4.79 Å². The van der Waals surface area contributed by atoms with Gasteiger partial charge in [0, 0.05) is 42.0 Å². The van der Waals surface area contributed by atoms with E-state index in [2.05, 4.69) is 48.0 Å². The molecule has 1 aliphatic heterocycles. The topological polar surface area (TPSA) is 45.3 Å². The number of aromatic amines is 1. The number of aromatic nitrogens is 1. The van der Waals surface area contributed by atoms with E-state index in [1.165, 1.54) is 40.2 Å². The second-order valence-electron chi connectivity index (χ2n) is 7.37. The van der Waals surface area contributed by atoms with Crippen molar-refractivity contribution < 1.29 is 9.53 Å². The van der Waals surface area contributed by atoms with Crippen LogP contribution in [0.3, 0.4) is 0 Å². The van der Waals surface area contributed by atoms with Crippen molar-refractivity contribution in [2.75, 3.05) is 19.7 Å². The Morgan fingerprint density at radius 1 is 1.40 bits per heavy atom. The second kappa shape index (κ2) is 6.34. The number of benzene rings is 1. The molecule has 1 aliphatic carbocycles. The maximum absolute atomic E-state index is 11.2. The highest BCUT2D eigenvalue weighted by Crippen LogP contribution is 2.43. The molecule has 4 nitrogen and oxygen atoms in total. The van der Waals surface area contributed by atoms with Crippen LogP contribution < -0.4 is 0 Å². The number of fused-ring (bicyclic) bond motifs is 2. The molecular weight excluding hydrogens is 312 g/mol. The quantitative estimate of drug-likeness (QED) is 0.683. The molecule has 0 bridgehead atoms. The minimum atomic E-state index is -0.209. The van der Waals surface area contributed by atoms with Crippen LogP contribution in [0.5, 0.6) is 0 Å². The van der Waals surface area contributed by atoms with E-state index in [0.717, 1.165) is 25.9 Å². The van der Waals surface area contributed by atoms with Gasteiger partial charge in [0.05, 0.1) is 0 Å². The molecule has 2 aromatic rings. The Labute approximate surface area is 148 Å². The molecule has 0 spiro atoms. The molecule has 2 heterocycles. The first-order valence-corrected chi connectivity index (χ1v) is 9.25. The number of rotatable bonds is 4. The summed E-state index contributed by atoms with van der Waals surface area (Å²) in [5.41, 5.74) is 6.65. The van der Waals surface area contributed by atoms with Crippen molar-refractivity contribution in [3.8, 4) is 0 Å². The lowest BCUT2D eigenvalue weighted by atomic mass is 9.76. The molecule has 0 radical (unpaired) electrons. The third-order valence-electron chi connectivity index (χ3n) is 5.62. The largest absolute Gasteiger partial charge is 0.461 e. The van der Waals surface area contributed by atoms with Crippen molar-refractivity contribution >= 4 is 16.9 Å². The van der Waals surface area contributed by atoms with Crippen molar-refractivity contribution in [1.29, 1.82) is 0 Å². The Hall–Kier alpha value is -2.07. The van der Waals surface area contributed by atoms with Crippen molar-refractivity contribution in [3.63, 3.8) is 0 Å². The van der Waals surface area contributed by atoms with E-state index in [0.29, 0.717) is 18.6 Å². The van der Waals surface area contributed by atoms with Crippen LogP contribution in [0.25, 0.3) is 10.9 Å². The highest BCUT2D eigenvalue weighted by Gasteiger charge is 2.37. The molecule has 25 heavy (non-hydrogen) atoms. The molecule has 0 saturated carbocycles. The standard InChI is InChI=1S/C21H26N2O2/c1-4-8-23-11-15(12-25-14(3)24)9-18-16-6-5-7-19-21(16)17(10-20(18)23)13(2)22-19/h5-7,9,18,20,22H,4,8,10-12H2,1-3H3/t18-,20-/m1/s1. The van der Waals surface area contributed by atoms with E-state index in [1.54, 1.807) is 0 Å². The lowest BCUT2D eigenvalue weighted by molar-refractivity contribution is -0.140. The van der Waals surface area contributed by atoms with Crippen molar-refractivity contribution in [2.24, 2.45) is 0 Å². The number of carbonyl (C=O) groups excluding carboxylic acids is 1. The van der Waals surface area contributed by atoms with Crippen LogP contribution in [-0.4, -0.2) is 41.6 Å². The predicted molar refractivity (Wildman–Crippen MR) is 99.8 cm³/mol. The summed E-state index contributed by atoms with van der Waals surface area (Å²) in [5, 5.41) is 1.41. The number of nitrogens with one attached hydrogen (secondary N) is 1. The average Bonchev–Trinajstić information content (AvgIpc) is 2.91. The van der Waals surface area contributed by atoms with Crippen molar-refractivity contribution in [1.82, 2.24) is 9.88 Å². The van der Waals surface area contributed by atoms with Crippen LogP contribution in [0.4, 0.5) is 0 Å². The second-order valence-corrected chi connectivity index (χ2v) is 7.37. The van der Waals surface area contributed by atoms with E-state index < -0.39 is 0 Å². The summed E-state index contributed by atoms with van der Waals surface area (Å²) in [6.45, 7) is 8.29. The number of hydrogen-bond donors (Lipinski definition) is 1. The predicted octanol–water partition coefficient (Wildman–Crippen LogP) is 3.70. The molecule has 2 aliphatic rings. The lowest BCUT2D eigenvalue weighted by Gasteiger charge is -2.43. The zero-order valence-electron chi connectivity index (χ0n) is 15.3. The van der Waals surface area contributed by atoms with E-state index in [1.807, 2.05) is 0 Å². The highest BCUT2D eigenvalue weighted by atomic mass is 16.5. The van der Waals surface area contributed by atoms with E-state index in [4.69, 9.17) is 4.74 Å². The van der Waals surface area contributed by atoms with Crippen molar-refractivity contribution in [3.05, 3.63) is 46.7 Å². The van der Waals surface area contributed by atoms with Crippen LogP contribution >= 0.6 is 0 Å². The minimum Gasteiger partial charge on any atom is -0.461 e. The maximum Gasteiger partial charge on any atom is 0.302 e. The molecule has 1 aromatic carbocycles. The molecule has 0 unspecified atom stereocenters. The van der Waals surface area contributed by atoms with Crippen LogP contribution in [0, 0.1) is 6.92 Å². The van der Waals surface area contributed by atoms with Gasteiger partial charge in [-0.05, 0) is 49.1 Å². The van der Waals surface area contributed by atoms with Gasteiger partial charge in [-0.25, -0.2) is 0 Å². The summed E-state index contributed by atoms with van der Waals surface area (Å²) >= 11 is 0.